The van der Waals surface area contributed by atoms with Crippen molar-refractivity contribution in [1.29, 1.82) is 0 Å². The van der Waals surface area contributed by atoms with E-state index in [2.05, 4.69) is 0 Å². The molecule has 2 nitrogen and oxygen atoms in total. The van der Waals surface area contributed by atoms with E-state index in [4.69, 9.17) is 30.3 Å². The Morgan fingerprint density at radius 1 is 1.20 bits per heavy atom. The van der Waals surface area contributed by atoms with E-state index in [0.29, 0.717) is 12.5 Å². The molecule has 0 aromatic rings. The van der Waals surface area contributed by atoms with Gasteiger partial charge in [-0.05, 0) is 0 Å². The molecule has 0 atom stereocenters. The van der Waals surface area contributed by atoms with E-state index in [1.807, 2.05) is 13.8 Å². The van der Waals surface area contributed by atoms with Crippen molar-refractivity contribution >= 4 is 18.8 Å². The number of rotatable bonds is 1. The van der Waals surface area contributed by atoms with Gasteiger partial charge in [0, 0.05) is 0 Å². The smallest absolute Gasteiger partial charge is 0.0534 e. The van der Waals surface area contributed by atoms with Gasteiger partial charge in [-0.3, -0.25) is 0 Å². The molecule has 0 amide bonds. The van der Waals surface area contributed by atoms with Gasteiger partial charge in [0.1, 0.15) is 0 Å². The number of halogens is 2. The molecule has 0 bridgehead atoms. The van der Waals surface area contributed by atoms with E-state index in [9.17, 15) is 0 Å². The molecule has 0 heterocycles. The fraction of sp³-hybridized carbons (Fsp3) is 1.00. The summed E-state index contributed by atoms with van der Waals surface area (Å²) in [6, 6.07) is 0.286. The normalized spacial score (nSPS) is 16.5. The van der Waals surface area contributed by atoms with Gasteiger partial charge in [0.2, 0.25) is 0 Å². The first kappa shape index (κ1) is 18.6. The van der Waals surface area contributed by atoms with Gasteiger partial charge in [0.15, 0.2) is 0 Å². The first-order valence-corrected chi connectivity index (χ1v) is 10.9. The Labute approximate surface area is 111 Å². The molecule has 0 unspecified atom stereocenters. The van der Waals surface area contributed by atoms with Gasteiger partial charge < -0.3 is 11.5 Å². The summed E-state index contributed by atoms with van der Waals surface area (Å²) >= 11 is -0.472. The molecule has 0 aromatic carbocycles. The van der Waals surface area contributed by atoms with Crippen molar-refractivity contribution in [2.45, 2.75) is 52.0 Å². The van der Waals surface area contributed by atoms with E-state index < -0.39 is 16.5 Å². The zero-order valence-corrected chi connectivity index (χ0v) is 13.3. The van der Waals surface area contributed by atoms with Crippen LogP contribution in [0.5, 0.6) is 0 Å². The summed E-state index contributed by atoms with van der Waals surface area (Å²) in [6.45, 7) is 4.62. The topological polar surface area (TPSA) is 47.6 Å². The molecule has 1 aliphatic rings. The van der Waals surface area contributed by atoms with Crippen LogP contribution in [0.2, 0.25) is 0 Å². The number of hydrogen-bond acceptors (Lipinski definition) is 0. The van der Waals surface area contributed by atoms with Crippen molar-refractivity contribution in [3.05, 3.63) is 11.5 Å². The molecule has 0 aliphatic heterocycles. The van der Waals surface area contributed by atoms with Crippen LogP contribution in [0.4, 0.5) is 0 Å². The first-order valence-electron chi connectivity index (χ1n) is 5.26. The maximum atomic E-state index is 7.27. The summed E-state index contributed by atoms with van der Waals surface area (Å²) in [4.78, 5) is 0. The van der Waals surface area contributed by atoms with Crippen LogP contribution in [0.15, 0.2) is 0 Å². The fourth-order valence-electron chi connectivity index (χ4n) is 1.10. The van der Waals surface area contributed by atoms with Crippen LogP contribution in [0, 0.1) is 5.92 Å². The third-order valence-electron chi connectivity index (χ3n) is 2.01. The molecule has 1 aliphatic carbocycles. The average molecular weight is 436 g/mol. The molecule has 0 spiro atoms. The second-order valence-electron chi connectivity index (χ2n) is 3.98. The fourth-order valence-corrected chi connectivity index (χ4v) is 1.10. The molecule has 2 N–H and O–H groups in total. The molecule has 1 fully saturated rings. The van der Waals surface area contributed by atoms with E-state index in [0.717, 1.165) is 12.8 Å². The van der Waals surface area contributed by atoms with Gasteiger partial charge in [0.25, 0.3) is 0 Å². The minimum absolute atomic E-state index is 0.286. The van der Waals surface area contributed by atoms with Crippen LogP contribution in [-0.4, -0.2) is 12.6 Å². The van der Waals surface area contributed by atoms with Crippen molar-refractivity contribution in [2.24, 2.45) is 5.92 Å². The van der Waals surface area contributed by atoms with Gasteiger partial charge in [-0.1, -0.05) is 51.9 Å². The molecule has 96 valence electrons. The standard InChI is InChI=1S/C6H12N.C4H10N.2ClH.Pt/c7-6-4-2-1-3-5-6;1-4(2)3-5;;;/h6-7H,1-5H2;4-5H,3H2,1-2H3;2*1H;/q2*-1;;;+4/p-2. The van der Waals surface area contributed by atoms with Crippen LogP contribution < -0.4 is 0 Å². The van der Waals surface area contributed by atoms with Crippen molar-refractivity contribution in [1.82, 2.24) is 0 Å². The summed E-state index contributed by atoms with van der Waals surface area (Å²) in [7, 11) is 9.75. The Hall–Kier alpha value is 1.19. The van der Waals surface area contributed by atoms with Crippen LogP contribution >= 0.6 is 18.8 Å². The second kappa shape index (κ2) is 15.2. The van der Waals surface area contributed by atoms with Gasteiger partial charge >= 0.3 is 35.3 Å². The zero-order chi connectivity index (χ0) is 12.1. The Bertz CT molecular complexity index is 110. The van der Waals surface area contributed by atoms with E-state index in [1.165, 1.54) is 19.3 Å². The largest absolute Gasteiger partial charge is 0.675 e. The Morgan fingerprint density at radius 2 is 1.53 bits per heavy atom. The van der Waals surface area contributed by atoms with Crippen LogP contribution in [0.25, 0.3) is 11.5 Å². The SMILES string of the molecule is CC(C)C[NH-].[Cl][Pt+2][Cl].[NH-]C1CCCCC1. The molecule has 5 heteroatoms. The minimum Gasteiger partial charge on any atom is -0.675 e. The summed E-state index contributed by atoms with van der Waals surface area (Å²) < 4.78 is 0. The summed E-state index contributed by atoms with van der Waals surface area (Å²) in [5.41, 5.74) is 13.9. The molecule has 1 saturated carbocycles. The first-order chi connectivity index (χ1) is 7.08. The van der Waals surface area contributed by atoms with Crippen molar-refractivity contribution in [2.75, 3.05) is 6.54 Å². The van der Waals surface area contributed by atoms with Crippen LogP contribution in [0.1, 0.15) is 46.0 Å². The van der Waals surface area contributed by atoms with E-state index in [-0.39, 0.29) is 6.04 Å². The van der Waals surface area contributed by atoms with Gasteiger partial charge in [-0.25, -0.2) is 0 Å². The molecule has 1 rings (SSSR count). The molecular weight excluding hydrogens is 414 g/mol. The Morgan fingerprint density at radius 3 is 1.67 bits per heavy atom. The third kappa shape index (κ3) is 21.1. The second-order valence-corrected chi connectivity index (χ2v) is 7.26. The number of hydrogen-bond donors (Lipinski definition) is 0. The summed E-state index contributed by atoms with van der Waals surface area (Å²) in [5, 5.41) is 0. The molecule has 0 saturated heterocycles. The predicted octanol–water partition coefficient (Wildman–Crippen LogP) is 5.44. The molecule has 15 heavy (non-hydrogen) atoms. The van der Waals surface area contributed by atoms with Gasteiger partial charge in [-0.15, -0.1) is 12.6 Å². The maximum Gasteiger partial charge on any atom is -0.0534 e. The molecule has 0 radical (unpaired) electrons. The van der Waals surface area contributed by atoms with E-state index in [1.54, 1.807) is 0 Å². The Kier molecular flexibility index (Phi) is 18.8. The van der Waals surface area contributed by atoms with E-state index >= 15 is 0 Å². The third-order valence-corrected chi connectivity index (χ3v) is 2.01. The molecular formula is C10H22Cl2N2Pt. The van der Waals surface area contributed by atoms with Gasteiger partial charge in [-0.2, -0.15) is 0 Å². The zero-order valence-electron chi connectivity index (χ0n) is 9.47. The maximum absolute atomic E-state index is 7.27. The summed E-state index contributed by atoms with van der Waals surface area (Å²) in [5.74, 6) is 0.551. The van der Waals surface area contributed by atoms with Crippen LogP contribution in [-0.2, 0) is 16.5 Å². The van der Waals surface area contributed by atoms with Crippen LogP contribution in [0.3, 0.4) is 0 Å². The summed E-state index contributed by atoms with van der Waals surface area (Å²) in [6.07, 6.45) is 6.28. The predicted molar refractivity (Wildman–Crippen MR) is 66.9 cm³/mol. The number of nitrogens with one attached hydrogen (secondary N) is 2. The average Bonchev–Trinajstić information content (AvgIpc) is 2.21. The Balaban J connectivity index is 0. The van der Waals surface area contributed by atoms with Gasteiger partial charge in [0.05, 0.1) is 0 Å². The monoisotopic (exact) mass is 435 g/mol. The van der Waals surface area contributed by atoms with Crippen molar-refractivity contribution in [3.8, 4) is 0 Å². The molecule has 0 aromatic heterocycles. The minimum atomic E-state index is -0.472. The van der Waals surface area contributed by atoms with Crippen molar-refractivity contribution in [3.63, 3.8) is 0 Å². The quantitative estimate of drug-likeness (QED) is 0.526. The van der Waals surface area contributed by atoms with Crippen molar-refractivity contribution < 1.29 is 16.5 Å².